The molecule has 1 unspecified atom stereocenters. The Balaban J connectivity index is 2.69. The fraction of sp³-hybridized carbons (Fsp3) is 0.300. The van der Waals surface area contributed by atoms with Gasteiger partial charge in [-0.3, -0.25) is 0 Å². The predicted molar refractivity (Wildman–Crippen MR) is 62.1 cm³/mol. The largest absolute Gasteiger partial charge is 0.506 e. The first-order valence-electron chi connectivity index (χ1n) is 4.41. The Morgan fingerprint density at radius 3 is 2.80 bits per heavy atom. The molecule has 1 aliphatic heterocycles. The van der Waals surface area contributed by atoms with E-state index in [4.69, 9.17) is 4.74 Å². The van der Waals surface area contributed by atoms with Crippen LogP contribution in [0.15, 0.2) is 15.0 Å². The number of hydrogen-bond donors (Lipinski definition) is 1. The summed E-state index contributed by atoms with van der Waals surface area (Å²) in [4.78, 5) is 11.6. The fourth-order valence-electron chi connectivity index (χ4n) is 1.64. The van der Waals surface area contributed by atoms with Crippen molar-refractivity contribution < 1.29 is 14.6 Å². The summed E-state index contributed by atoms with van der Waals surface area (Å²) in [5.74, 6) is -0.520. The first-order chi connectivity index (χ1) is 7.00. The normalized spacial score (nSPS) is 19.7. The third-order valence-corrected chi connectivity index (χ3v) is 3.62. The van der Waals surface area contributed by atoms with Crippen molar-refractivity contribution in [2.45, 2.75) is 19.4 Å². The summed E-state index contributed by atoms with van der Waals surface area (Å²) in [6, 6.07) is 1.74. The highest BCUT2D eigenvalue weighted by Gasteiger charge is 2.29. The summed E-state index contributed by atoms with van der Waals surface area (Å²) < 4.78 is 6.36. The number of fused-ring (bicyclic) bond motifs is 1. The Hall–Kier alpha value is -0.550. The molecule has 0 spiro atoms. The number of phenolic OH excluding ortho intramolecular Hbond substituents is 1. The van der Waals surface area contributed by atoms with Gasteiger partial charge in [0.1, 0.15) is 17.4 Å². The van der Waals surface area contributed by atoms with Crippen LogP contribution in [0.25, 0.3) is 0 Å². The molecule has 0 saturated carbocycles. The van der Waals surface area contributed by atoms with Gasteiger partial charge in [-0.15, -0.1) is 0 Å². The molecular weight excluding hydrogens is 328 g/mol. The maximum absolute atomic E-state index is 11.6. The molecule has 1 atom stereocenters. The Labute approximate surface area is 104 Å². The zero-order valence-electron chi connectivity index (χ0n) is 7.88. The van der Waals surface area contributed by atoms with E-state index < -0.39 is 5.97 Å². The lowest BCUT2D eigenvalue weighted by Crippen LogP contribution is -2.25. The Morgan fingerprint density at radius 2 is 2.13 bits per heavy atom. The highest BCUT2D eigenvalue weighted by Crippen LogP contribution is 2.39. The molecule has 0 saturated heterocycles. The number of phenols is 1. The van der Waals surface area contributed by atoms with Gasteiger partial charge in [0.25, 0.3) is 0 Å². The quantitative estimate of drug-likeness (QED) is 0.741. The van der Waals surface area contributed by atoms with Crippen molar-refractivity contribution in [3.63, 3.8) is 0 Å². The molecule has 0 aromatic heterocycles. The third-order valence-electron chi connectivity index (χ3n) is 2.31. The fourth-order valence-corrected chi connectivity index (χ4v) is 2.96. The Kier molecular flexibility index (Phi) is 2.77. The van der Waals surface area contributed by atoms with Crippen molar-refractivity contribution >= 4 is 37.8 Å². The SMILES string of the molecule is CC1Cc2c(Br)cc(Br)c(O)c2C(=O)O1. The van der Waals surface area contributed by atoms with Crippen LogP contribution in [0.5, 0.6) is 5.75 Å². The topological polar surface area (TPSA) is 46.5 Å². The second-order valence-electron chi connectivity index (χ2n) is 3.46. The van der Waals surface area contributed by atoms with Gasteiger partial charge in [0.2, 0.25) is 0 Å². The highest BCUT2D eigenvalue weighted by atomic mass is 79.9. The predicted octanol–water partition coefficient (Wildman–Crippen LogP) is 3.02. The average molecular weight is 336 g/mol. The average Bonchev–Trinajstić information content (AvgIpc) is 2.13. The minimum Gasteiger partial charge on any atom is -0.506 e. The number of carbonyl (C=O) groups excluding carboxylic acids is 1. The van der Waals surface area contributed by atoms with Crippen molar-refractivity contribution in [1.82, 2.24) is 0 Å². The van der Waals surface area contributed by atoms with Crippen molar-refractivity contribution in [3.8, 4) is 5.75 Å². The molecular formula is C10H8Br2O3. The molecule has 1 N–H and O–H groups in total. The molecule has 1 aromatic carbocycles. The summed E-state index contributed by atoms with van der Waals surface area (Å²) in [6.07, 6.45) is 0.463. The van der Waals surface area contributed by atoms with Crippen LogP contribution in [-0.4, -0.2) is 17.2 Å². The summed E-state index contributed by atoms with van der Waals surface area (Å²) in [6.45, 7) is 1.83. The zero-order chi connectivity index (χ0) is 11.2. The number of hydrogen-bond acceptors (Lipinski definition) is 3. The maximum Gasteiger partial charge on any atom is 0.342 e. The number of halogens is 2. The molecule has 1 aliphatic rings. The zero-order valence-corrected chi connectivity index (χ0v) is 11.1. The van der Waals surface area contributed by atoms with Crippen molar-refractivity contribution in [3.05, 3.63) is 26.1 Å². The van der Waals surface area contributed by atoms with E-state index >= 15 is 0 Å². The van der Waals surface area contributed by atoms with E-state index in [1.807, 2.05) is 6.92 Å². The van der Waals surface area contributed by atoms with E-state index in [2.05, 4.69) is 31.9 Å². The summed E-state index contributed by atoms with van der Waals surface area (Å²) in [7, 11) is 0. The van der Waals surface area contributed by atoms with Gasteiger partial charge in [0.05, 0.1) is 4.47 Å². The van der Waals surface area contributed by atoms with Gasteiger partial charge >= 0.3 is 5.97 Å². The van der Waals surface area contributed by atoms with Crippen molar-refractivity contribution in [1.29, 1.82) is 0 Å². The molecule has 5 heteroatoms. The van der Waals surface area contributed by atoms with E-state index in [-0.39, 0.29) is 17.4 Å². The summed E-state index contributed by atoms with van der Waals surface area (Å²) >= 11 is 6.55. The van der Waals surface area contributed by atoms with Gasteiger partial charge < -0.3 is 9.84 Å². The third kappa shape index (κ3) is 1.78. The van der Waals surface area contributed by atoms with Gasteiger partial charge in [-0.2, -0.15) is 0 Å². The molecule has 0 aliphatic carbocycles. The molecule has 80 valence electrons. The lowest BCUT2D eigenvalue weighted by Gasteiger charge is -2.23. The van der Waals surface area contributed by atoms with Gasteiger partial charge in [0, 0.05) is 10.9 Å². The molecule has 1 aromatic rings. The van der Waals surface area contributed by atoms with Crippen molar-refractivity contribution in [2.24, 2.45) is 0 Å². The lowest BCUT2D eigenvalue weighted by atomic mass is 9.98. The number of benzene rings is 1. The van der Waals surface area contributed by atoms with E-state index in [1.165, 1.54) is 0 Å². The molecule has 0 bridgehead atoms. The minimum atomic E-state index is -0.469. The van der Waals surface area contributed by atoms with Crippen LogP contribution in [-0.2, 0) is 11.2 Å². The van der Waals surface area contributed by atoms with E-state index in [0.717, 1.165) is 10.0 Å². The van der Waals surface area contributed by atoms with Crippen LogP contribution in [0.1, 0.15) is 22.8 Å². The number of esters is 1. The second kappa shape index (κ2) is 3.79. The smallest absolute Gasteiger partial charge is 0.342 e. The van der Waals surface area contributed by atoms with E-state index in [0.29, 0.717) is 10.9 Å². The standard InChI is InChI=1S/C10H8Br2O3/c1-4-2-5-6(11)3-7(12)9(13)8(5)10(14)15-4/h3-4,13H,2H2,1H3. The number of aromatic hydroxyl groups is 1. The van der Waals surface area contributed by atoms with Crippen LogP contribution < -0.4 is 0 Å². The first-order valence-corrected chi connectivity index (χ1v) is 6.00. The van der Waals surface area contributed by atoms with E-state index in [1.54, 1.807) is 6.07 Å². The Bertz CT molecular complexity index is 443. The molecule has 1 heterocycles. The maximum atomic E-state index is 11.6. The van der Waals surface area contributed by atoms with Crippen LogP contribution in [0.3, 0.4) is 0 Å². The molecule has 15 heavy (non-hydrogen) atoms. The lowest BCUT2D eigenvalue weighted by molar-refractivity contribution is 0.0296. The van der Waals surface area contributed by atoms with Crippen LogP contribution in [0.4, 0.5) is 0 Å². The number of ether oxygens (including phenoxy) is 1. The van der Waals surface area contributed by atoms with Crippen molar-refractivity contribution in [2.75, 3.05) is 0 Å². The Morgan fingerprint density at radius 1 is 1.47 bits per heavy atom. The van der Waals surface area contributed by atoms with Crippen LogP contribution in [0.2, 0.25) is 0 Å². The number of cyclic esters (lactones) is 1. The number of rotatable bonds is 0. The summed E-state index contributed by atoms with van der Waals surface area (Å²) in [5.41, 5.74) is 1.06. The van der Waals surface area contributed by atoms with Crippen LogP contribution in [0, 0.1) is 0 Å². The molecule has 0 amide bonds. The van der Waals surface area contributed by atoms with E-state index in [9.17, 15) is 9.90 Å². The number of carbonyl (C=O) groups is 1. The molecule has 3 nitrogen and oxygen atoms in total. The van der Waals surface area contributed by atoms with Gasteiger partial charge in [-0.25, -0.2) is 4.79 Å². The monoisotopic (exact) mass is 334 g/mol. The molecule has 2 rings (SSSR count). The summed E-state index contributed by atoms with van der Waals surface area (Å²) in [5, 5.41) is 9.76. The highest BCUT2D eigenvalue weighted by molar-refractivity contribution is 9.11. The van der Waals surface area contributed by atoms with Gasteiger partial charge in [-0.1, -0.05) is 15.9 Å². The van der Waals surface area contributed by atoms with Gasteiger partial charge in [-0.05, 0) is 34.5 Å². The molecule has 0 radical (unpaired) electrons. The van der Waals surface area contributed by atoms with Gasteiger partial charge in [0.15, 0.2) is 0 Å². The molecule has 0 fully saturated rings. The minimum absolute atomic E-state index is 0.0508. The first kappa shape index (κ1) is 11.0. The van der Waals surface area contributed by atoms with Crippen LogP contribution >= 0.6 is 31.9 Å². The second-order valence-corrected chi connectivity index (χ2v) is 5.17.